The molecule has 538 valence electrons. The topological polar surface area (TPSA) is 29.5 Å². The fourth-order valence-corrected chi connectivity index (χ4v) is 17.3. The smallest absolute Gasteiger partial charge is 0.252 e. The van der Waals surface area contributed by atoms with Crippen molar-refractivity contribution in [3.63, 3.8) is 0 Å². The molecule has 6 heteroatoms. The Kier molecular flexibility index (Phi) is 13.6. The summed E-state index contributed by atoms with van der Waals surface area (Å²) in [6, 6.07) is 85.6. The molecule has 0 radical (unpaired) electrons. The highest BCUT2D eigenvalue weighted by atomic mass is 16.3. The number of hydrogen-bond acceptors (Lipinski definition) is 3. The normalized spacial score (nSPS) is 14.4. The second-order valence-electron chi connectivity index (χ2n) is 35.6. The summed E-state index contributed by atoms with van der Waals surface area (Å²) in [7, 11) is 0. The van der Waals surface area contributed by atoms with Crippen LogP contribution in [0.25, 0.3) is 121 Å². The molecular weight excluding hydrogens is 1330 g/mol. The van der Waals surface area contributed by atoms with Crippen molar-refractivity contribution in [3.8, 4) is 55.9 Å². The molecule has 2 aliphatic heterocycles. The van der Waals surface area contributed by atoms with Crippen LogP contribution >= 0.6 is 0 Å². The standard InChI is InChI=1S/C104H93BN4O/c1-100(2,3)69-44-50-88-82(57-69)83-58-70(101(4,5)6)45-51-89(83)107(88)75-62-92-97-93(63-75)109(99-76(64-31-19-16-20-32-64)47-52-95-96(99)79-39-27-30-42-94(79)110-95)90-55-67(68-53-71(102(7,8)9)56-72(54-68)103(10,11)12)43-48-84(90)105(97)85-49-46-74(106-86-40-28-25-37-77(86)78-38-26-29-41-87(78)106)61-91(85)108(92)98-80(65-33-21-17-22-34-65)59-73(104(13,14)15)60-81(98)66-35-23-18-24-36-66/h16-63H,1-15H3/i25D,26D,28D,29D,37D,38D,40D,41D. The first-order valence-electron chi connectivity index (χ1n) is 42.7. The van der Waals surface area contributed by atoms with Gasteiger partial charge in [-0.1, -0.05) is 298 Å². The number of benzene rings is 14. The Hall–Kier alpha value is -11.9. The van der Waals surface area contributed by atoms with Gasteiger partial charge < -0.3 is 23.4 Å². The van der Waals surface area contributed by atoms with Crippen LogP contribution in [0, 0.1) is 0 Å². The molecule has 0 N–H and O–H groups in total. The Bertz CT molecular complexity index is 6880. The molecule has 19 rings (SSSR count). The van der Waals surface area contributed by atoms with Crippen LogP contribution < -0.4 is 26.2 Å². The predicted octanol–water partition coefficient (Wildman–Crippen LogP) is 27.0. The maximum absolute atomic E-state index is 9.99. The van der Waals surface area contributed by atoms with Crippen LogP contribution in [0.15, 0.2) is 295 Å². The number of anilines is 6. The van der Waals surface area contributed by atoms with Crippen LogP contribution in [0.2, 0.25) is 0 Å². The quantitative estimate of drug-likeness (QED) is 0.142. The molecule has 5 heterocycles. The van der Waals surface area contributed by atoms with Crippen LogP contribution in [-0.4, -0.2) is 15.8 Å². The Morgan fingerprint density at radius 1 is 0.291 bits per heavy atom. The van der Waals surface area contributed by atoms with Crippen molar-refractivity contribution in [1.29, 1.82) is 0 Å². The van der Waals surface area contributed by atoms with Crippen molar-refractivity contribution < 1.29 is 15.4 Å². The number of rotatable bonds is 8. The van der Waals surface area contributed by atoms with E-state index in [9.17, 15) is 11.0 Å². The molecule has 0 saturated carbocycles. The Morgan fingerprint density at radius 2 is 0.736 bits per heavy atom. The van der Waals surface area contributed by atoms with Gasteiger partial charge in [0.05, 0.1) is 55.5 Å². The Labute approximate surface area is 659 Å². The van der Waals surface area contributed by atoms with Gasteiger partial charge in [-0.25, -0.2) is 0 Å². The average molecular weight is 1430 g/mol. The van der Waals surface area contributed by atoms with Gasteiger partial charge in [0.1, 0.15) is 11.2 Å². The molecule has 2 aliphatic rings. The van der Waals surface area contributed by atoms with Crippen molar-refractivity contribution in [1.82, 2.24) is 9.13 Å². The van der Waals surface area contributed by atoms with E-state index >= 15 is 0 Å². The third kappa shape index (κ3) is 11.1. The Balaban J connectivity index is 1.06. The van der Waals surface area contributed by atoms with E-state index in [1.54, 1.807) is 4.57 Å². The van der Waals surface area contributed by atoms with Gasteiger partial charge in [0.25, 0.3) is 6.71 Å². The molecule has 110 heavy (non-hydrogen) atoms. The van der Waals surface area contributed by atoms with Gasteiger partial charge in [-0.3, -0.25) is 0 Å². The van der Waals surface area contributed by atoms with Gasteiger partial charge in [-0.05, 0) is 196 Å². The van der Waals surface area contributed by atoms with E-state index in [2.05, 4.69) is 349 Å². The molecule has 0 bridgehead atoms. The summed E-state index contributed by atoms with van der Waals surface area (Å²) in [5.41, 5.74) is 26.0. The molecule has 0 fully saturated rings. The molecule has 0 amide bonds. The van der Waals surface area contributed by atoms with Crippen LogP contribution in [0.4, 0.5) is 34.1 Å². The summed E-state index contributed by atoms with van der Waals surface area (Å²) in [4.78, 5) is 5.06. The zero-order chi connectivity index (χ0) is 82.8. The van der Waals surface area contributed by atoms with Crippen molar-refractivity contribution in [2.45, 2.75) is 131 Å². The summed E-state index contributed by atoms with van der Waals surface area (Å²) < 4.78 is 87.9. The summed E-state index contributed by atoms with van der Waals surface area (Å²) >= 11 is 0. The third-order valence-corrected chi connectivity index (χ3v) is 23.3. The molecule has 0 aliphatic carbocycles. The molecule has 0 unspecified atom stereocenters. The van der Waals surface area contributed by atoms with Crippen LogP contribution in [-0.2, 0) is 27.1 Å². The fourth-order valence-electron chi connectivity index (χ4n) is 17.3. The first kappa shape index (κ1) is 60.1. The fraction of sp³-hybridized carbons (Fsp3) is 0.192. The highest BCUT2D eigenvalue weighted by molar-refractivity contribution is 7.00. The number of aromatic nitrogens is 2. The molecular formula is C104H93BN4O. The van der Waals surface area contributed by atoms with E-state index in [1.807, 2.05) is 12.1 Å². The lowest BCUT2D eigenvalue weighted by Crippen LogP contribution is -2.61. The van der Waals surface area contributed by atoms with Gasteiger partial charge in [0, 0.05) is 72.1 Å². The van der Waals surface area contributed by atoms with Crippen LogP contribution in [0.1, 0.15) is 143 Å². The summed E-state index contributed by atoms with van der Waals surface area (Å²) in [6.07, 6.45) is 0. The largest absolute Gasteiger partial charge is 0.456 e. The van der Waals surface area contributed by atoms with E-state index in [-0.39, 0.29) is 61.0 Å². The van der Waals surface area contributed by atoms with Crippen LogP contribution in [0.5, 0.6) is 0 Å². The van der Waals surface area contributed by atoms with E-state index in [0.29, 0.717) is 5.69 Å². The molecule has 17 aromatic rings. The minimum absolute atomic E-state index is 0.00294. The van der Waals surface area contributed by atoms with Crippen molar-refractivity contribution >= 4 is 123 Å². The molecule has 0 atom stereocenters. The van der Waals surface area contributed by atoms with Crippen molar-refractivity contribution in [2.75, 3.05) is 9.80 Å². The lowest BCUT2D eigenvalue weighted by molar-refractivity contribution is 0.569. The van der Waals surface area contributed by atoms with E-state index in [4.69, 9.17) is 4.42 Å². The maximum atomic E-state index is 9.99. The van der Waals surface area contributed by atoms with E-state index < -0.39 is 43.0 Å². The van der Waals surface area contributed by atoms with Crippen LogP contribution in [0.3, 0.4) is 0 Å². The highest BCUT2D eigenvalue weighted by Crippen LogP contribution is 2.56. The summed E-state index contributed by atoms with van der Waals surface area (Å²) in [5.74, 6) is 0. The van der Waals surface area contributed by atoms with Crippen molar-refractivity contribution in [3.05, 3.63) is 319 Å². The first-order chi connectivity index (χ1) is 56.0. The minimum atomic E-state index is -0.560. The minimum Gasteiger partial charge on any atom is -0.456 e. The second-order valence-corrected chi connectivity index (χ2v) is 35.6. The second kappa shape index (κ2) is 24.8. The molecule has 3 aromatic heterocycles. The lowest BCUT2D eigenvalue weighted by atomic mass is 9.33. The van der Waals surface area contributed by atoms with E-state index in [1.165, 1.54) is 22.3 Å². The summed E-state index contributed by atoms with van der Waals surface area (Å²) in [5, 5.41) is 4.18. The number of hydrogen-bond donors (Lipinski definition) is 0. The number of para-hydroxylation sites is 3. The molecule has 0 spiro atoms. The predicted molar refractivity (Wildman–Crippen MR) is 472 cm³/mol. The van der Waals surface area contributed by atoms with Gasteiger partial charge in [0.2, 0.25) is 0 Å². The zero-order valence-corrected chi connectivity index (χ0v) is 65.4. The maximum Gasteiger partial charge on any atom is 0.252 e. The lowest BCUT2D eigenvalue weighted by Gasteiger charge is -2.46. The van der Waals surface area contributed by atoms with E-state index in [0.717, 1.165) is 150 Å². The van der Waals surface area contributed by atoms with Gasteiger partial charge in [-0.15, -0.1) is 0 Å². The molecule has 0 saturated heterocycles. The van der Waals surface area contributed by atoms with Gasteiger partial charge in [0.15, 0.2) is 0 Å². The number of nitrogens with zero attached hydrogens (tertiary/aromatic N) is 4. The molecule has 5 nitrogen and oxygen atoms in total. The average Bonchev–Trinajstić information content (AvgIpc) is 1.01. The SMILES string of the molecule is [2H]c1c([2H])c([2H])c2c(c1[2H])c1c([2H])c([2H])c([2H])c([2H])c1n2-c1ccc2c(c1)N(c1c(-c3ccccc3)cc(C(C)(C)C)cc1-c1ccccc1)c1cc(-n3c4ccc(C(C)(C)C)cc4c4cc(C(C)(C)C)ccc43)cc3c1B2c1ccc(-c2cc(C(C)(C)C)cc(C(C)(C)C)c2)cc1N3c1c(-c2ccccc2)ccc2oc3ccccc3c12. The zero-order valence-electron chi connectivity index (χ0n) is 73.4. The number of fused-ring (bicyclic) bond motifs is 13. The molecule has 14 aromatic carbocycles. The summed E-state index contributed by atoms with van der Waals surface area (Å²) in [6.45, 7) is 33.7. The number of furan rings is 1. The van der Waals surface area contributed by atoms with Gasteiger partial charge in [-0.2, -0.15) is 0 Å². The highest BCUT2D eigenvalue weighted by Gasteiger charge is 2.47. The third-order valence-electron chi connectivity index (χ3n) is 23.3. The van der Waals surface area contributed by atoms with Gasteiger partial charge >= 0.3 is 0 Å². The monoisotopic (exact) mass is 1430 g/mol. The first-order valence-corrected chi connectivity index (χ1v) is 38.7. The Morgan fingerprint density at radius 3 is 1.26 bits per heavy atom. The van der Waals surface area contributed by atoms with Crippen molar-refractivity contribution in [2.24, 2.45) is 0 Å².